The van der Waals surface area contributed by atoms with Gasteiger partial charge in [-0.2, -0.15) is 0 Å². The number of carbonyl (C=O) groups excluding carboxylic acids is 2. The summed E-state index contributed by atoms with van der Waals surface area (Å²) in [7, 11) is 0. The molecule has 0 fully saturated rings. The van der Waals surface area contributed by atoms with Crippen LogP contribution in [0.1, 0.15) is 13.3 Å². The van der Waals surface area contributed by atoms with Crippen LogP contribution in [-0.4, -0.2) is 24.5 Å². The van der Waals surface area contributed by atoms with Crippen molar-refractivity contribution in [1.82, 2.24) is 0 Å². The average molecular weight is 401 g/mol. The zero-order chi connectivity index (χ0) is 20.9. The fourth-order valence-electron chi connectivity index (χ4n) is 3.39. The Morgan fingerprint density at radius 1 is 0.933 bits per heavy atom. The van der Waals surface area contributed by atoms with Gasteiger partial charge >= 0.3 is 0 Å². The lowest BCUT2D eigenvalue weighted by atomic mass is 10.1. The third-order valence-electron chi connectivity index (χ3n) is 4.89. The first-order chi connectivity index (χ1) is 14.6. The maximum atomic E-state index is 12.7. The second kappa shape index (κ2) is 8.69. The molecule has 30 heavy (non-hydrogen) atoms. The predicted octanol–water partition coefficient (Wildman–Crippen LogP) is 4.57. The summed E-state index contributed by atoms with van der Waals surface area (Å²) < 4.78 is 5.65. The minimum absolute atomic E-state index is 0.146. The third kappa shape index (κ3) is 4.27. The van der Waals surface area contributed by atoms with Gasteiger partial charge in [0.05, 0.1) is 17.1 Å². The second-order valence-electron chi connectivity index (χ2n) is 7.05. The van der Waals surface area contributed by atoms with E-state index in [0.717, 1.165) is 11.4 Å². The van der Waals surface area contributed by atoms with E-state index < -0.39 is 6.10 Å². The molecule has 3 aromatic carbocycles. The summed E-state index contributed by atoms with van der Waals surface area (Å²) in [6.07, 6.45) is -0.398. The summed E-state index contributed by atoms with van der Waals surface area (Å²) >= 11 is 0. The normalized spacial score (nSPS) is 15.2. The molecule has 0 spiro atoms. The van der Waals surface area contributed by atoms with Gasteiger partial charge in [0, 0.05) is 18.7 Å². The number of ether oxygens (including phenoxy) is 1. The summed E-state index contributed by atoms with van der Waals surface area (Å²) in [5.41, 5.74) is 3.12. The zero-order valence-corrected chi connectivity index (χ0v) is 16.7. The van der Waals surface area contributed by atoms with Gasteiger partial charge in [0.2, 0.25) is 5.91 Å². The minimum atomic E-state index is -0.571. The van der Waals surface area contributed by atoms with E-state index in [1.165, 1.54) is 0 Å². The molecule has 1 aliphatic rings. The monoisotopic (exact) mass is 401 g/mol. The van der Waals surface area contributed by atoms with Crippen LogP contribution in [0.5, 0.6) is 5.75 Å². The molecule has 3 aromatic rings. The van der Waals surface area contributed by atoms with Crippen LogP contribution in [0.3, 0.4) is 0 Å². The van der Waals surface area contributed by atoms with Crippen LogP contribution in [0.4, 0.5) is 22.7 Å². The number of anilines is 4. The second-order valence-corrected chi connectivity index (χ2v) is 7.05. The van der Waals surface area contributed by atoms with Crippen molar-refractivity contribution in [1.29, 1.82) is 0 Å². The molecule has 6 nitrogen and oxygen atoms in total. The fourth-order valence-corrected chi connectivity index (χ4v) is 3.39. The fraction of sp³-hybridized carbons (Fsp3) is 0.167. The van der Waals surface area contributed by atoms with Crippen LogP contribution >= 0.6 is 0 Å². The van der Waals surface area contributed by atoms with Gasteiger partial charge in [0.25, 0.3) is 5.91 Å². The molecule has 0 bridgehead atoms. The maximum Gasteiger partial charge on any atom is 0.267 e. The molecule has 0 aromatic heterocycles. The van der Waals surface area contributed by atoms with Crippen LogP contribution in [0.2, 0.25) is 0 Å². The van der Waals surface area contributed by atoms with Crippen molar-refractivity contribution in [2.75, 3.05) is 22.1 Å². The number of amides is 2. The van der Waals surface area contributed by atoms with E-state index >= 15 is 0 Å². The Morgan fingerprint density at radius 2 is 1.60 bits per heavy atom. The summed E-state index contributed by atoms with van der Waals surface area (Å²) in [5, 5.41) is 6.26. The molecular formula is C24H23N3O3. The van der Waals surface area contributed by atoms with Gasteiger partial charge in [-0.15, -0.1) is 0 Å². The van der Waals surface area contributed by atoms with Crippen LogP contribution in [0.25, 0.3) is 0 Å². The Labute approximate surface area is 175 Å². The van der Waals surface area contributed by atoms with Gasteiger partial charge in [-0.3, -0.25) is 9.59 Å². The SMILES string of the molecule is CC1Oc2ccccc2N(CCC(=O)Nc2ccccc2Nc2ccccc2)C1=O. The molecule has 152 valence electrons. The number of benzene rings is 3. The highest BCUT2D eigenvalue weighted by Crippen LogP contribution is 2.33. The van der Waals surface area contributed by atoms with E-state index in [4.69, 9.17) is 4.74 Å². The summed E-state index contributed by atoms with van der Waals surface area (Å²) in [5.74, 6) is 0.344. The van der Waals surface area contributed by atoms with Crippen LogP contribution < -0.4 is 20.3 Å². The van der Waals surface area contributed by atoms with Gasteiger partial charge in [0.15, 0.2) is 6.10 Å². The molecule has 0 saturated carbocycles. The Hall–Kier alpha value is -3.80. The van der Waals surface area contributed by atoms with E-state index in [-0.39, 0.29) is 24.8 Å². The number of nitrogens with zero attached hydrogens (tertiary/aromatic N) is 1. The van der Waals surface area contributed by atoms with Crippen molar-refractivity contribution < 1.29 is 14.3 Å². The van der Waals surface area contributed by atoms with E-state index in [1.54, 1.807) is 11.8 Å². The van der Waals surface area contributed by atoms with Crippen LogP contribution in [0.15, 0.2) is 78.9 Å². The smallest absolute Gasteiger partial charge is 0.267 e. The third-order valence-corrected chi connectivity index (χ3v) is 4.89. The molecule has 0 saturated heterocycles. The molecule has 0 radical (unpaired) electrons. The van der Waals surface area contributed by atoms with E-state index in [1.807, 2.05) is 78.9 Å². The van der Waals surface area contributed by atoms with Crippen molar-refractivity contribution in [3.8, 4) is 5.75 Å². The number of para-hydroxylation sites is 5. The Bertz CT molecular complexity index is 1050. The number of fused-ring (bicyclic) bond motifs is 1. The highest BCUT2D eigenvalue weighted by molar-refractivity contribution is 6.01. The van der Waals surface area contributed by atoms with Crippen molar-refractivity contribution in [3.05, 3.63) is 78.9 Å². The van der Waals surface area contributed by atoms with Gasteiger partial charge in [-0.05, 0) is 43.3 Å². The molecule has 2 amide bonds. The summed E-state index contributed by atoms with van der Waals surface area (Å²) in [4.78, 5) is 26.8. The molecule has 2 N–H and O–H groups in total. The van der Waals surface area contributed by atoms with Gasteiger partial charge in [-0.25, -0.2) is 0 Å². The maximum absolute atomic E-state index is 12.7. The molecule has 1 unspecified atom stereocenters. The number of hydrogen-bond donors (Lipinski definition) is 2. The number of rotatable bonds is 6. The number of carbonyl (C=O) groups is 2. The molecule has 1 heterocycles. The first-order valence-corrected chi connectivity index (χ1v) is 9.90. The predicted molar refractivity (Wildman–Crippen MR) is 118 cm³/mol. The topological polar surface area (TPSA) is 70.7 Å². The van der Waals surface area contributed by atoms with Gasteiger partial charge < -0.3 is 20.3 Å². The van der Waals surface area contributed by atoms with Crippen LogP contribution in [0, 0.1) is 0 Å². The standard InChI is InChI=1S/C24H23N3O3/c1-17-24(29)27(21-13-7-8-14-22(21)30-17)16-15-23(28)26-20-12-6-5-11-19(20)25-18-9-3-2-4-10-18/h2-14,17,25H,15-16H2,1H3,(H,26,28). The molecule has 1 atom stereocenters. The summed E-state index contributed by atoms with van der Waals surface area (Å²) in [6.45, 7) is 2.00. The lowest BCUT2D eigenvalue weighted by Gasteiger charge is -2.32. The number of hydrogen-bond acceptors (Lipinski definition) is 4. The van der Waals surface area contributed by atoms with Crippen molar-refractivity contribution >= 4 is 34.6 Å². The van der Waals surface area contributed by atoms with Crippen LogP contribution in [-0.2, 0) is 9.59 Å². The van der Waals surface area contributed by atoms with Crippen molar-refractivity contribution in [3.63, 3.8) is 0 Å². The largest absolute Gasteiger partial charge is 0.479 e. The van der Waals surface area contributed by atoms with Crippen molar-refractivity contribution in [2.24, 2.45) is 0 Å². The lowest BCUT2D eigenvalue weighted by Crippen LogP contribution is -2.45. The zero-order valence-electron chi connectivity index (χ0n) is 16.7. The van der Waals surface area contributed by atoms with Crippen molar-refractivity contribution in [2.45, 2.75) is 19.4 Å². The highest BCUT2D eigenvalue weighted by Gasteiger charge is 2.31. The summed E-state index contributed by atoms with van der Waals surface area (Å²) in [6, 6.07) is 24.7. The number of nitrogens with one attached hydrogen (secondary N) is 2. The van der Waals surface area contributed by atoms with E-state index in [0.29, 0.717) is 17.1 Å². The Balaban J connectivity index is 1.43. The van der Waals surface area contributed by atoms with E-state index in [2.05, 4.69) is 10.6 Å². The van der Waals surface area contributed by atoms with E-state index in [9.17, 15) is 9.59 Å². The minimum Gasteiger partial charge on any atom is -0.479 e. The molecular weight excluding hydrogens is 378 g/mol. The molecule has 4 rings (SSSR count). The Kier molecular flexibility index (Phi) is 5.66. The molecule has 1 aliphatic heterocycles. The molecule has 0 aliphatic carbocycles. The first-order valence-electron chi connectivity index (χ1n) is 9.90. The highest BCUT2D eigenvalue weighted by atomic mass is 16.5. The quantitative estimate of drug-likeness (QED) is 0.635. The average Bonchev–Trinajstić information content (AvgIpc) is 2.76. The first kappa shape index (κ1) is 19.5. The Morgan fingerprint density at radius 3 is 2.40 bits per heavy atom. The van der Waals surface area contributed by atoms with Gasteiger partial charge in [-0.1, -0.05) is 42.5 Å². The lowest BCUT2D eigenvalue weighted by molar-refractivity contribution is -0.125. The molecule has 6 heteroatoms. The van der Waals surface area contributed by atoms with Gasteiger partial charge in [0.1, 0.15) is 5.75 Å².